The fourth-order valence-electron chi connectivity index (χ4n) is 2.45. The molecule has 0 bridgehead atoms. The highest BCUT2D eigenvalue weighted by Gasteiger charge is 2.18. The van der Waals surface area contributed by atoms with E-state index in [1.807, 2.05) is 0 Å². The summed E-state index contributed by atoms with van der Waals surface area (Å²) < 4.78 is 0.417. The van der Waals surface area contributed by atoms with Crippen molar-refractivity contribution in [3.8, 4) is 5.75 Å². The zero-order chi connectivity index (χ0) is 13.7. The first-order chi connectivity index (χ1) is 8.51. The number of rotatable bonds is 6. The van der Waals surface area contributed by atoms with E-state index in [2.05, 4.69) is 62.4 Å². The summed E-state index contributed by atoms with van der Waals surface area (Å²) in [7, 11) is 0. The zero-order valence-electron chi connectivity index (χ0n) is 12.0. The van der Waals surface area contributed by atoms with Crippen molar-refractivity contribution < 1.29 is 5.11 Å². The molecule has 1 nitrogen and oxygen atoms in total. The minimum absolute atomic E-state index is 0.417. The summed E-state index contributed by atoms with van der Waals surface area (Å²) in [5, 5.41) is 10.5. The molecule has 102 valence electrons. The molecule has 1 aromatic carbocycles. The van der Waals surface area contributed by atoms with Gasteiger partial charge in [-0.15, -0.1) is 0 Å². The summed E-state index contributed by atoms with van der Waals surface area (Å²) in [6.45, 7) is 8.73. The number of hydrogen-bond acceptors (Lipinski definition) is 1. The van der Waals surface area contributed by atoms with Gasteiger partial charge in [0.05, 0.1) is 0 Å². The van der Waals surface area contributed by atoms with Crippen LogP contribution in [0, 0.1) is 6.92 Å². The molecule has 0 aliphatic carbocycles. The molecule has 0 aromatic heterocycles. The lowest BCUT2D eigenvalue weighted by Gasteiger charge is -2.19. The van der Waals surface area contributed by atoms with Crippen LogP contribution in [0.1, 0.15) is 73.0 Å². The molecule has 0 saturated carbocycles. The molecule has 0 heterocycles. The first kappa shape index (κ1) is 15.8. The maximum Gasteiger partial charge on any atom is 0.123 e. The number of halogens is 1. The van der Waals surface area contributed by atoms with E-state index in [0.29, 0.717) is 15.6 Å². The van der Waals surface area contributed by atoms with Gasteiger partial charge in [0.25, 0.3) is 0 Å². The highest BCUT2D eigenvalue weighted by Crippen LogP contribution is 2.40. The van der Waals surface area contributed by atoms with Crippen molar-refractivity contribution in [2.75, 3.05) is 0 Å². The summed E-state index contributed by atoms with van der Waals surface area (Å²) in [6.07, 6.45) is 4.57. The molecule has 0 amide bonds. The fourth-order valence-corrected chi connectivity index (χ4v) is 3.55. The van der Waals surface area contributed by atoms with Gasteiger partial charge < -0.3 is 5.11 Å². The van der Waals surface area contributed by atoms with E-state index < -0.39 is 0 Å². The van der Waals surface area contributed by atoms with Gasteiger partial charge >= 0.3 is 0 Å². The topological polar surface area (TPSA) is 20.2 Å². The summed E-state index contributed by atoms with van der Waals surface area (Å²) in [6, 6.07) is 4.29. The third-order valence-corrected chi connectivity index (χ3v) is 4.74. The Kier molecular flexibility index (Phi) is 6.47. The van der Waals surface area contributed by atoms with E-state index in [1.54, 1.807) is 0 Å². The van der Waals surface area contributed by atoms with Gasteiger partial charge in [0.2, 0.25) is 0 Å². The smallest absolute Gasteiger partial charge is 0.123 e. The third kappa shape index (κ3) is 3.87. The van der Waals surface area contributed by atoms with Gasteiger partial charge in [-0.25, -0.2) is 0 Å². The van der Waals surface area contributed by atoms with Crippen LogP contribution in [-0.4, -0.2) is 5.11 Å². The van der Waals surface area contributed by atoms with Gasteiger partial charge in [0, 0.05) is 9.49 Å². The molecule has 0 radical (unpaired) electrons. The van der Waals surface area contributed by atoms with Crippen LogP contribution >= 0.6 is 22.6 Å². The van der Waals surface area contributed by atoms with Gasteiger partial charge in [-0.05, 0) is 31.2 Å². The monoisotopic (exact) mass is 360 g/mol. The number of hydrogen-bond donors (Lipinski definition) is 1. The molecule has 2 atom stereocenters. The second-order valence-corrected chi connectivity index (χ2v) is 6.74. The van der Waals surface area contributed by atoms with Gasteiger partial charge in [-0.1, -0.05) is 73.9 Å². The Morgan fingerprint density at radius 2 is 1.67 bits per heavy atom. The molecular weight excluding hydrogens is 335 g/mol. The van der Waals surface area contributed by atoms with Crippen molar-refractivity contribution in [2.45, 2.75) is 63.2 Å². The Morgan fingerprint density at radius 3 is 2.22 bits per heavy atom. The Bertz CT molecular complexity index is 354. The number of aromatic hydroxyl groups is 1. The maximum atomic E-state index is 10.5. The highest BCUT2D eigenvalue weighted by molar-refractivity contribution is 14.1. The minimum atomic E-state index is 0.417. The van der Waals surface area contributed by atoms with Gasteiger partial charge in [0.15, 0.2) is 0 Å². The van der Waals surface area contributed by atoms with E-state index in [0.717, 1.165) is 36.8 Å². The number of benzene rings is 1. The molecule has 1 rings (SSSR count). The number of alkyl halides is 1. The van der Waals surface area contributed by atoms with Gasteiger partial charge in [0.1, 0.15) is 5.75 Å². The van der Waals surface area contributed by atoms with Crippen molar-refractivity contribution in [1.29, 1.82) is 0 Å². The van der Waals surface area contributed by atoms with Crippen LogP contribution in [-0.2, 0) is 0 Å². The van der Waals surface area contributed by atoms with Crippen LogP contribution in [0.15, 0.2) is 12.1 Å². The Morgan fingerprint density at radius 1 is 1.11 bits per heavy atom. The predicted octanol–water partition coefficient (Wildman–Crippen LogP) is 5.88. The number of aryl methyl sites for hydroxylation is 1. The third-order valence-electron chi connectivity index (χ3n) is 3.45. The van der Waals surface area contributed by atoms with E-state index >= 15 is 0 Å². The molecule has 2 unspecified atom stereocenters. The minimum Gasteiger partial charge on any atom is -0.507 e. The molecule has 0 saturated heterocycles. The quantitative estimate of drug-likeness (QED) is 0.496. The van der Waals surface area contributed by atoms with Crippen LogP contribution in [0.25, 0.3) is 0 Å². The van der Waals surface area contributed by atoms with Gasteiger partial charge in [-0.2, -0.15) is 0 Å². The lowest BCUT2D eigenvalue weighted by molar-refractivity contribution is 0.452. The van der Waals surface area contributed by atoms with Crippen molar-refractivity contribution in [3.63, 3.8) is 0 Å². The maximum absolute atomic E-state index is 10.5. The zero-order valence-corrected chi connectivity index (χ0v) is 14.1. The van der Waals surface area contributed by atoms with Crippen LogP contribution in [0.3, 0.4) is 0 Å². The fraction of sp³-hybridized carbons (Fsp3) is 0.625. The Labute approximate surface area is 125 Å². The summed E-state index contributed by atoms with van der Waals surface area (Å²) >= 11 is 2.45. The first-order valence-corrected chi connectivity index (χ1v) is 8.23. The SMILES string of the molecule is CCCC(C)c1cc(C)cc(C(I)CCC)c1O. The second-order valence-electron chi connectivity index (χ2n) is 5.24. The molecule has 1 N–H and O–H groups in total. The van der Waals surface area contributed by atoms with Crippen LogP contribution in [0.4, 0.5) is 0 Å². The molecule has 0 aliphatic rings. The Hall–Kier alpha value is -0.250. The molecular formula is C16H25IO. The van der Waals surface area contributed by atoms with Crippen molar-refractivity contribution in [3.05, 3.63) is 28.8 Å². The van der Waals surface area contributed by atoms with E-state index in [-0.39, 0.29) is 0 Å². The van der Waals surface area contributed by atoms with Crippen LogP contribution in [0.5, 0.6) is 5.75 Å². The van der Waals surface area contributed by atoms with E-state index in [9.17, 15) is 5.11 Å². The standard InChI is InChI=1S/C16H25IO/c1-5-7-12(4)13-9-11(3)10-14(16(13)18)15(17)8-6-2/h9-10,12,15,18H,5-8H2,1-4H3. The number of phenolic OH excluding ortho intramolecular Hbond substituents is 1. The predicted molar refractivity (Wildman–Crippen MR) is 87.8 cm³/mol. The lowest BCUT2D eigenvalue weighted by atomic mass is 9.91. The van der Waals surface area contributed by atoms with Gasteiger partial charge in [-0.3, -0.25) is 0 Å². The van der Waals surface area contributed by atoms with E-state index in [4.69, 9.17) is 0 Å². The first-order valence-electron chi connectivity index (χ1n) is 6.98. The number of phenols is 1. The molecule has 0 fully saturated rings. The van der Waals surface area contributed by atoms with Crippen molar-refractivity contribution >= 4 is 22.6 Å². The largest absolute Gasteiger partial charge is 0.507 e. The molecule has 1 aromatic rings. The van der Waals surface area contributed by atoms with Crippen LogP contribution in [0.2, 0.25) is 0 Å². The highest BCUT2D eigenvalue weighted by atomic mass is 127. The van der Waals surface area contributed by atoms with E-state index in [1.165, 1.54) is 5.56 Å². The summed E-state index contributed by atoms with van der Waals surface area (Å²) in [5.41, 5.74) is 3.51. The lowest BCUT2D eigenvalue weighted by Crippen LogP contribution is -1.99. The average molecular weight is 360 g/mol. The molecule has 2 heteroatoms. The van der Waals surface area contributed by atoms with Crippen molar-refractivity contribution in [1.82, 2.24) is 0 Å². The Balaban J connectivity index is 3.13. The second kappa shape index (κ2) is 7.37. The van der Waals surface area contributed by atoms with Crippen molar-refractivity contribution in [2.24, 2.45) is 0 Å². The molecule has 18 heavy (non-hydrogen) atoms. The summed E-state index contributed by atoms with van der Waals surface area (Å²) in [5.74, 6) is 0.980. The molecule has 0 spiro atoms. The normalized spacial score (nSPS) is 14.5. The summed E-state index contributed by atoms with van der Waals surface area (Å²) in [4.78, 5) is 0. The molecule has 0 aliphatic heterocycles. The van der Waals surface area contributed by atoms with Crippen LogP contribution < -0.4 is 0 Å². The average Bonchev–Trinajstić information content (AvgIpc) is 2.32.